The first-order chi connectivity index (χ1) is 14.3. The maximum absolute atomic E-state index is 12.4. The topological polar surface area (TPSA) is 31.2 Å². The van der Waals surface area contributed by atoms with Gasteiger partial charge in [0.25, 0.3) is 0 Å². The highest BCUT2D eigenvalue weighted by molar-refractivity contribution is 6.06. The Morgan fingerprint density at radius 1 is 0.793 bits per heavy atom. The lowest BCUT2D eigenvalue weighted by Crippen LogP contribution is -1.96. The summed E-state index contributed by atoms with van der Waals surface area (Å²) in [4.78, 5) is 12.4. The number of ether oxygens (including phenoxy) is 1. The normalized spacial score (nSPS) is 10.9. The van der Waals surface area contributed by atoms with Gasteiger partial charge in [-0.3, -0.25) is 4.79 Å². The largest absolute Gasteiger partial charge is 0.489 e. The molecule has 0 N–H and O–H groups in total. The van der Waals surface area contributed by atoms with Crippen molar-refractivity contribution in [1.82, 2.24) is 4.57 Å². The first-order valence-corrected chi connectivity index (χ1v) is 9.50. The molecule has 4 rings (SSSR count). The number of nitrogens with zero attached hydrogens (tertiary/aromatic N) is 1. The molecule has 0 spiro atoms. The van der Waals surface area contributed by atoms with Gasteiger partial charge in [0.2, 0.25) is 0 Å². The lowest BCUT2D eigenvalue weighted by Gasteiger charge is -2.06. The van der Waals surface area contributed by atoms with Crippen LogP contribution in [-0.2, 0) is 6.61 Å². The molecule has 0 fully saturated rings. The van der Waals surface area contributed by atoms with E-state index >= 15 is 0 Å². The fourth-order valence-corrected chi connectivity index (χ4v) is 2.99. The van der Waals surface area contributed by atoms with E-state index in [1.165, 1.54) is 0 Å². The average Bonchev–Trinajstić information content (AvgIpc) is 3.33. The standard InChI is InChI=1S/C26H21NO2/c28-26(23-11-13-24(14-12-23)27-18-4-5-19-27)17-10-21-8-15-25(16-9-21)29-20-22-6-2-1-3-7-22/h1-19H,20H2/b17-10+. The zero-order chi connectivity index (χ0) is 19.9. The van der Waals surface area contributed by atoms with Gasteiger partial charge < -0.3 is 9.30 Å². The maximum Gasteiger partial charge on any atom is 0.185 e. The van der Waals surface area contributed by atoms with Gasteiger partial charge in [-0.05, 0) is 65.7 Å². The number of rotatable bonds is 7. The summed E-state index contributed by atoms with van der Waals surface area (Å²) in [5.41, 5.74) is 3.78. The molecule has 142 valence electrons. The third kappa shape index (κ3) is 4.90. The molecule has 0 radical (unpaired) electrons. The molecule has 0 atom stereocenters. The molecule has 0 amide bonds. The van der Waals surface area contributed by atoms with Crippen LogP contribution in [0.3, 0.4) is 0 Å². The zero-order valence-electron chi connectivity index (χ0n) is 15.9. The summed E-state index contributed by atoms with van der Waals surface area (Å²) in [6, 6.07) is 29.3. The van der Waals surface area contributed by atoms with Crippen LogP contribution in [0.4, 0.5) is 0 Å². The number of benzene rings is 3. The number of aromatic nitrogens is 1. The van der Waals surface area contributed by atoms with Crippen LogP contribution in [0.25, 0.3) is 11.8 Å². The molecule has 3 heteroatoms. The predicted molar refractivity (Wildman–Crippen MR) is 116 cm³/mol. The van der Waals surface area contributed by atoms with Gasteiger partial charge in [0.05, 0.1) is 0 Å². The number of ketones is 1. The van der Waals surface area contributed by atoms with Crippen LogP contribution in [0, 0.1) is 0 Å². The molecule has 3 nitrogen and oxygen atoms in total. The third-order valence-electron chi connectivity index (χ3n) is 4.61. The average molecular weight is 379 g/mol. The zero-order valence-corrected chi connectivity index (χ0v) is 15.9. The highest BCUT2D eigenvalue weighted by Gasteiger charge is 2.03. The minimum Gasteiger partial charge on any atom is -0.489 e. The first-order valence-electron chi connectivity index (χ1n) is 9.50. The second-order valence-corrected chi connectivity index (χ2v) is 6.68. The van der Waals surface area contributed by atoms with Crippen molar-refractivity contribution in [3.8, 4) is 11.4 Å². The Morgan fingerprint density at radius 3 is 2.17 bits per heavy atom. The third-order valence-corrected chi connectivity index (χ3v) is 4.61. The molecule has 3 aromatic carbocycles. The van der Waals surface area contributed by atoms with E-state index in [0.29, 0.717) is 12.2 Å². The van der Waals surface area contributed by atoms with Crippen molar-refractivity contribution in [2.24, 2.45) is 0 Å². The molecule has 0 aliphatic heterocycles. The highest BCUT2D eigenvalue weighted by Crippen LogP contribution is 2.16. The Morgan fingerprint density at radius 2 is 1.48 bits per heavy atom. The molecule has 4 aromatic rings. The SMILES string of the molecule is O=C(/C=C/c1ccc(OCc2ccccc2)cc1)c1ccc(-n2cccc2)cc1. The van der Waals surface area contributed by atoms with E-state index in [1.54, 1.807) is 6.08 Å². The van der Waals surface area contributed by atoms with Gasteiger partial charge in [0.1, 0.15) is 12.4 Å². The fourth-order valence-electron chi connectivity index (χ4n) is 2.99. The van der Waals surface area contributed by atoms with Crippen LogP contribution in [0.2, 0.25) is 0 Å². The molecule has 0 aliphatic carbocycles. The van der Waals surface area contributed by atoms with Crippen molar-refractivity contribution < 1.29 is 9.53 Å². The van der Waals surface area contributed by atoms with Crippen LogP contribution < -0.4 is 4.74 Å². The molecule has 0 aliphatic rings. The van der Waals surface area contributed by atoms with Crippen LogP contribution in [0.15, 0.2) is 109 Å². The van der Waals surface area contributed by atoms with E-state index in [1.807, 2.05) is 114 Å². The molecule has 29 heavy (non-hydrogen) atoms. The summed E-state index contributed by atoms with van der Waals surface area (Å²) in [7, 11) is 0. The number of carbonyl (C=O) groups excluding carboxylic acids is 1. The fraction of sp³-hybridized carbons (Fsp3) is 0.0385. The van der Waals surface area contributed by atoms with Crippen molar-refractivity contribution in [2.75, 3.05) is 0 Å². The van der Waals surface area contributed by atoms with Gasteiger partial charge in [0, 0.05) is 23.6 Å². The Labute approximate surface area is 170 Å². The molecule has 0 bridgehead atoms. The first kappa shape index (κ1) is 18.5. The minimum atomic E-state index is -0.0199. The van der Waals surface area contributed by atoms with Crippen LogP contribution >= 0.6 is 0 Å². The molecule has 1 aromatic heterocycles. The van der Waals surface area contributed by atoms with Gasteiger partial charge >= 0.3 is 0 Å². The molecule has 0 saturated heterocycles. The van der Waals surface area contributed by atoms with Crippen molar-refractivity contribution in [2.45, 2.75) is 6.61 Å². The van der Waals surface area contributed by atoms with Crippen LogP contribution in [0.5, 0.6) is 5.75 Å². The highest BCUT2D eigenvalue weighted by atomic mass is 16.5. The van der Waals surface area contributed by atoms with Crippen molar-refractivity contribution in [3.63, 3.8) is 0 Å². The van der Waals surface area contributed by atoms with Gasteiger partial charge in [-0.25, -0.2) is 0 Å². The molecular formula is C26H21NO2. The lowest BCUT2D eigenvalue weighted by molar-refractivity contribution is 0.104. The summed E-state index contributed by atoms with van der Waals surface area (Å²) in [6.45, 7) is 0.535. The number of carbonyl (C=O) groups is 1. The van der Waals surface area contributed by atoms with Gasteiger partial charge in [0.15, 0.2) is 5.78 Å². The quantitative estimate of drug-likeness (QED) is 0.293. The van der Waals surface area contributed by atoms with Crippen molar-refractivity contribution in [3.05, 3.63) is 126 Å². The van der Waals surface area contributed by atoms with E-state index in [0.717, 1.165) is 22.6 Å². The summed E-state index contributed by atoms with van der Waals surface area (Å²) in [5.74, 6) is 0.784. The predicted octanol–water partition coefficient (Wildman–Crippen LogP) is 5.95. The molecular weight excluding hydrogens is 358 g/mol. The van der Waals surface area contributed by atoms with Gasteiger partial charge in [-0.2, -0.15) is 0 Å². The van der Waals surface area contributed by atoms with Crippen molar-refractivity contribution in [1.29, 1.82) is 0 Å². The summed E-state index contributed by atoms with van der Waals surface area (Å²) in [6.07, 6.45) is 7.38. The summed E-state index contributed by atoms with van der Waals surface area (Å²) < 4.78 is 7.80. The minimum absolute atomic E-state index is 0.0199. The van der Waals surface area contributed by atoms with E-state index in [-0.39, 0.29) is 5.78 Å². The van der Waals surface area contributed by atoms with E-state index in [2.05, 4.69) is 0 Å². The second-order valence-electron chi connectivity index (χ2n) is 6.68. The molecule has 0 saturated carbocycles. The van der Waals surface area contributed by atoms with Crippen LogP contribution in [-0.4, -0.2) is 10.4 Å². The van der Waals surface area contributed by atoms with E-state index in [9.17, 15) is 4.79 Å². The van der Waals surface area contributed by atoms with Crippen molar-refractivity contribution >= 4 is 11.9 Å². The van der Waals surface area contributed by atoms with Crippen LogP contribution in [0.1, 0.15) is 21.5 Å². The number of hydrogen-bond acceptors (Lipinski definition) is 2. The second kappa shape index (κ2) is 8.89. The molecule has 0 unspecified atom stereocenters. The Hall–Kier alpha value is -3.85. The summed E-state index contributed by atoms with van der Waals surface area (Å²) >= 11 is 0. The van der Waals surface area contributed by atoms with Gasteiger partial charge in [-0.15, -0.1) is 0 Å². The maximum atomic E-state index is 12.4. The van der Waals surface area contributed by atoms with E-state index in [4.69, 9.17) is 4.74 Å². The monoisotopic (exact) mass is 379 g/mol. The van der Waals surface area contributed by atoms with E-state index < -0.39 is 0 Å². The number of allylic oxidation sites excluding steroid dienone is 1. The number of hydrogen-bond donors (Lipinski definition) is 0. The Kier molecular flexibility index (Phi) is 5.68. The van der Waals surface area contributed by atoms with Gasteiger partial charge in [-0.1, -0.05) is 48.5 Å². The molecule has 1 heterocycles. The lowest BCUT2D eigenvalue weighted by atomic mass is 10.1. The smallest absolute Gasteiger partial charge is 0.185 e. The Bertz CT molecular complexity index is 1080. The summed E-state index contributed by atoms with van der Waals surface area (Å²) in [5, 5.41) is 0. The Balaban J connectivity index is 1.35.